The van der Waals surface area contributed by atoms with Gasteiger partial charge in [0.05, 0.1) is 13.0 Å². The number of ether oxygens (including phenoxy) is 1. The van der Waals surface area contributed by atoms with E-state index in [0.29, 0.717) is 31.0 Å². The summed E-state index contributed by atoms with van der Waals surface area (Å²) in [4.78, 5) is 24.0. The zero-order valence-electron chi connectivity index (χ0n) is 9.49. The standard InChI is InChI=1S/C10H16N2O3S/c1-7(13)11-10(16)12-5-3-8(4-6-12)9(14)15-2/h8H,3-6H2,1-2H3,(H,11,13,16). The number of rotatable bonds is 1. The molecule has 90 valence electrons. The second kappa shape index (κ2) is 5.79. The summed E-state index contributed by atoms with van der Waals surface area (Å²) in [6, 6.07) is 0. The normalized spacial score (nSPS) is 16.8. The lowest BCUT2D eigenvalue weighted by molar-refractivity contribution is -0.146. The van der Waals surface area contributed by atoms with Crippen molar-refractivity contribution in [2.75, 3.05) is 20.2 Å². The van der Waals surface area contributed by atoms with Crippen LogP contribution in [-0.2, 0) is 14.3 Å². The summed E-state index contributed by atoms with van der Waals surface area (Å²) < 4.78 is 4.69. The molecule has 0 aromatic carbocycles. The lowest BCUT2D eigenvalue weighted by Crippen LogP contribution is -2.46. The quantitative estimate of drug-likeness (QED) is 0.531. The van der Waals surface area contributed by atoms with Gasteiger partial charge in [0, 0.05) is 20.0 Å². The maximum Gasteiger partial charge on any atom is 0.308 e. The molecule has 0 aromatic rings. The van der Waals surface area contributed by atoms with Crippen molar-refractivity contribution in [1.82, 2.24) is 10.2 Å². The fourth-order valence-corrected chi connectivity index (χ4v) is 2.04. The third-order valence-electron chi connectivity index (χ3n) is 2.60. The lowest BCUT2D eigenvalue weighted by Gasteiger charge is -2.32. The van der Waals surface area contributed by atoms with Gasteiger partial charge in [-0.25, -0.2) is 0 Å². The Morgan fingerprint density at radius 1 is 1.38 bits per heavy atom. The molecule has 1 aliphatic rings. The molecule has 1 saturated heterocycles. The lowest BCUT2D eigenvalue weighted by atomic mass is 9.97. The van der Waals surface area contributed by atoms with Gasteiger partial charge in [0.2, 0.25) is 5.91 Å². The highest BCUT2D eigenvalue weighted by atomic mass is 32.1. The molecular formula is C10H16N2O3S. The number of nitrogens with one attached hydrogen (secondary N) is 1. The van der Waals surface area contributed by atoms with Crippen LogP contribution in [0, 0.1) is 5.92 Å². The molecule has 0 aliphatic carbocycles. The second-order valence-electron chi connectivity index (χ2n) is 3.77. The van der Waals surface area contributed by atoms with Crippen molar-refractivity contribution >= 4 is 29.2 Å². The van der Waals surface area contributed by atoms with Crippen LogP contribution in [0.4, 0.5) is 0 Å². The van der Waals surface area contributed by atoms with Gasteiger partial charge in [0.25, 0.3) is 0 Å². The Bertz CT molecular complexity index is 298. The number of nitrogens with zero attached hydrogens (tertiary/aromatic N) is 1. The van der Waals surface area contributed by atoms with Crippen LogP contribution >= 0.6 is 12.2 Å². The Morgan fingerprint density at radius 2 is 1.94 bits per heavy atom. The number of piperidine rings is 1. The fraction of sp³-hybridized carbons (Fsp3) is 0.700. The minimum Gasteiger partial charge on any atom is -0.469 e. The van der Waals surface area contributed by atoms with E-state index in [1.165, 1.54) is 14.0 Å². The first-order chi connectivity index (χ1) is 7.54. The maximum atomic E-state index is 11.3. The molecule has 1 rings (SSSR count). The number of methoxy groups -OCH3 is 1. The summed E-state index contributed by atoms with van der Waals surface area (Å²) in [5.74, 6) is -0.369. The minimum atomic E-state index is -0.167. The molecule has 1 amide bonds. The molecule has 16 heavy (non-hydrogen) atoms. The Morgan fingerprint density at radius 3 is 2.38 bits per heavy atom. The first-order valence-corrected chi connectivity index (χ1v) is 5.59. The second-order valence-corrected chi connectivity index (χ2v) is 4.16. The van der Waals surface area contributed by atoms with Crippen molar-refractivity contribution < 1.29 is 14.3 Å². The van der Waals surface area contributed by atoms with Gasteiger partial charge in [-0.15, -0.1) is 0 Å². The molecule has 1 aliphatic heterocycles. The molecule has 1 fully saturated rings. The first kappa shape index (κ1) is 12.9. The van der Waals surface area contributed by atoms with Gasteiger partial charge in [-0.2, -0.15) is 0 Å². The van der Waals surface area contributed by atoms with E-state index >= 15 is 0 Å². The van der Waals surface area contributed by atoms with Crippen LogP contribution in [0.2, 0.25) is 0 Å². The summed E-state index contributed by atoms with van der Waals surface area (Å²) in [5, 5.41) is 3.01. The summed E-state index contributed by atoms with van der Waals surface area (Å²) >= 11 is 5.06. The van der Waals surface area contributed by atoms with Crippen LogP contribution in [0.1, 0.15) is 19.8 Å². The van der Waals surface area contributed by atoms with E-state index in [1.54, 1.807) is 0 Å². The van der Waals surface area contributed by atoms with E-state index in [4.69, 9.17) is 12.2 Å². The zero-order chi connectivity index (χ0) is 12.1. The van der Waals surface area contributed by atoms with Crippen molar-refractivity contribution in [3.8, 4) is 0 Å². The predicted octanol–water partition coefficient (Wildman–Crippen LogP) is 0.292. The highest BCUT2D eigenvalue weighted by Gasteiger charge is 2.26. The molecular weight excluding hydrogens is 228 g/mol. The number of amides is 1. The van der Waals surface area contributed by atoms with E-state index in [1.807, 2.05) is 4.90 Å². The Balaban J connectivity index is 2.40. The monoisotopic (exact) mass is 244 g/mol. The summed E-state index contributed by atoms with van der Waals surface area (Å²) in [6.07, 6.45) is 1.43. The molecule has 0 radical (unpaired) electrons. The van der Waals surface area contributed by atoms with Crippen LogP contribution in [0.5, 0.6) is 0 Å². The third-order valence-corrected chi connectivity index (χ3v) is 2.96. The summed E-state index contributed by atoms with van der Waals surface area (Å²) in [5.41, 5.74) is 0. The van der Waals surface area contributed by atoms with Crippen molar-refractivity contribution in [3.63, 3.8) is 0 Å². The highest BCUT2D eigenvalue weighted by molar-refractivity contribution is 7.80. The van der Waals surface area contributed by atoms with Crippen LogP contribution in [0.25, 0.3) is 0 Å². The van der Waals surface area contributed by atoms with Crippen LogP contribution < -0.4 is 5.32 Å². The smallest absolute Gasteiger partial charge is 0.308 e. The van der Waals surface area contributed by atoms with Gasteiger partial charge < -0.3 is 15.0 Å². The topological polar surface area (TPSA) is 58.6 Å². The van der Waals surface area contributed by atoms with Crippen molar-refractivity contribution in [2.45, 2.75) is 19.8 Å². The number of hydrogen-bond acceptors (Lipinski definition) is 4. The zero-order valence-corrected chi connectivity index (χ0v) is 10.3. The van der Waals surface area contributed by atoms with Gasteiger partial charge in [-0.05, 0) is 25.1 Å². The van der Waals surface area contributed by atoms with E-state index in [-0.39, 0.29) is 17.8 Å². The average molecular weight is 244 g/mol. The Labute approximate surface area is 100 Å². The number of esters is 1. The molecule has 1 heterocycles. The van der Waals surface area contributed by atoms with Gasteiger partial charge >= 0.3 is 5.97 Å². The van der Waals surface area contributed by atoms with Crippen LogP contribution in [-0.4, -0.2) is 42.1 Å². The number of likely N-dealkylation sites (tertiary alicyclic amines) is 1. The molecule has 0 saturated carbocycles. The van der Waals surface area contributed by atoms with Crippen molar-refractivity contribution in [1.29, 1.82) is 0 Å². The fourth-order valence-electron chi connectivity index (χ4n) is 1.71. The molecule has 6 heteroatoms. The number of hydrogen-bond donors (Lipinski definition) is 1. The minimum absolute atomic E-state index is 0.0404. The van der Waals surface area contributed by atoms with E-state index < -0.39 is 0 Å². The van der Waals surface area contributed by atoms with Gasteiger partial charge in [-0.1, -0.05) is 0 Å². The van der Waals surface area contributed by atoms with E-state index in [2.05, 4.69) is 10.1 Å². The number of carbonyl (C=O) groups excluding carboxylic acids is 2. The largest absolute Gasteiger partial charge is 0.469 e. The van der Waals surface area contributed by atoms with Crippen molar-refractivity contribution in [3.05, 3.63) is 0 Å². The molecule has 5 nitrogen and oxygen atoms in total. The molecule has 0 atom stereocenters. The molecule has 0 unspecified atom stereocenters. The molecule has 0 aromatic heterocycles. The molecule has 0 bridgehead atoms. The van der Waals surface area contributed by atoms with E-state index in [9.17, 15) is 9.59 Å². The highest BCUT2D eigenvalue weighted by Crippen LogP contribution is 2.18. The average Bonchev–Trinajstić information content (AvgIpc) is 2.27. The SMILES string of the molecule is COC(=O)C1CCN(C(=S)NC(C)=O)CC1. The maximum absolute atomic E-state index is 11.3. The number of thiocarbonyl (C=S) groups is 1. The Kier molecular flexibility index (Phi) is 4.67. The number of carbonyl (C=O) groups is 2. The molecule has 1 N–H and O–H groups in total. The van der Waals surface area contributed by atoms with E-state index in [0.717, 1.165) is 0 Å². The third kappa shape index (κ3) is 3.44. The first-order valence-electron chi connectivity index (χ1n) is 5.19. The van der Waals surface area contributed by atoms with Gasteiger partial charge in [0.1, 0.15) is 0 Å². The predicted molar refractivity (Wildman–Crippen MR) is 62.7 cm³/mol. The van der Waals surface area contributed by atoms with Gasteiger partial charge in [-0.3, -0.25) is 9.59 Å². The Hall–Kier alpha value is -1.17. The van der Waals surface area contributed by atoms with Crippen LogP contribution in [0.15, 0.2) is 0 Å². The summed E-state index contributed by atoms with van der Waals surface area (Å²) in [6.45, 7) is 2.78. The van der Waals surface area contributed by atoms with Crippen LogP contribution in [0.3, 0.4) is 0 Å². The summed E-state index contributed by atoms with van der Waals surface area (Å²) in [7, 11) is 1.40. The van der Waals surface area contributed by atoms with Crippen molar-refractivity contribution in [2.24, 2.45) is 5.92 Å². The molecule has 0 spiro atoms. The van der Waals surface area contributed by atoms with Gasteiger partial charge in [0.15, 0.2) is 5.11 Å².